The van der Waals surface area contributed by atoms with E-state index in [9.17, 15) is 13.6 Å². The van der Waals surface area contributed by atoms with E-state index in [4.69, 9.17) is 0 Å². The molecule has 0 unspecified atom stereocenters. The van der Waals surface area contributed by atoms with Gasteiger partial charge in [-0.3, -0.25) is 14.9 Å². The number of nitrogens with zero attached hydrogens (tertiary/aromatic N) is 3. The second-order valence-electron chi connectivity index (χ2n) is 9.57. The fourth-order valence-electron chi connectivity index (χ4n) is 3.95. The largest absolute Gasteiger partial charge is 0.377 e. The van der Waals surface area contributed by atoms with Crippen LogP contribution in [0.15, 0.2) is 70.6 Å². The highest BCUT2D eigenvalue weighted by atomic mass is 32.2. The molecule has 0 atom stereocenters. The number of fused-ring (bicyclic) bond motifs is 1. The Bertz CT molecular complexity index is 1340. The van der Waals surface area contributed by atoms with E-state index in [2.05, 4.69) is 9.71 Å². The summed E-state index contributed by atoms with van der Waals surface area (Å²) in [6, 6.07) is 17.8. The van der Waals surface area contributed by atoms with Crippen LogP contribution in [0.2, 0.25) is 0 Å². The van der Waals surface area contributed by atoms with E-state index in [0.29, 0.717) is 22.5 Å². The molecule has 2 N–H and O–H groups in total. The van der Waals surface area contributed by atoms with E-state index in [1.807, 2.05) is 71.0 Å². The quantitative estimate of drug-likeness (QED) is 0.569. The zero-order chi connectivity index (χ0) is 24.2. The van der Waals surface area contributed by atoms with Crippen molar-refractivity contribution in [2.24, 2.45) is 4.99 Å². The molecule has 0 amide bonds. The molecule has 0 spiro atoms. The Morgan fingerprint density at radius 1 is 0.909 bits per heavy atom. The van der Waals surface area contributed by atoms with Gasteiger partial charge in [0.15, 0.2) is 5.84 Å². The van der Waals surface area contributed by atoms with Crippen molar-refractivity contribution in [3.05, 3.63) is 66.2 Å². The normalized spacial score (nSPS) is 17.2. The molecular weight excluding hydrogens is 436 g/mol. The first kappa shape index (κ1) is 23.1. The lowest BCUT2D eigenvalue weighted by molar-refractivity contribution is -0.0992. The van der Waals surface area contributed by atoms with Crippen LogP contribution in [0.5, 0.6) is 0 Å². The van der Waals surface area contributed by atoms with E-state index >= 15 is 0 Å². The Balaban J connectivity index is 1.65. The lowest BCUT2D eigenvalue weighted by Crippen LogP contribution is -2.51. The van der Waals surface area contributed by atoms with Crippen molar-refractivity contribution in [3.8, 4) is 0 Å². The maximum absolute atomic E-state index is 13.3. The molecule has 0 saturated carbocycles. The van der Waals surface area contributed by atoms with Gasteiger partial charge in [0, 0.05) is 41.8 Å². The van der Waals surface area contributed by atoms with Crippen molar-refractivity contribution < 1.29 is 13.6 Å². The number of sulfonamides is 1. The molecule has 1 aliphatic rings. The number of nitrogens with one attached hydrogen (secondary N) is 1. The van der Waals surface area contributed by atoms with Gasteiger partial charge in [-0.15, -0.1) is 0 Å². The van der Waals surface area contributed by atoms with Crippen molar-refractivity contribution in [1.82, 2.24) is 5.06 Å². The molecule has 0 fully saturated rings. The molecule has 1 aliphatic heterocycles. The van der Waals surface area contributed by atoms with Crippen LogP contribution in [0.4, 0.5) is 11.4 Å². The lowest BCUT2D eigenvalue weighted by atomic mass is 9.84. The van der Waals surface area contributed by atoms with Crippen LogP contribution in [0.1, 0.15) is 33.3 Å². The maximum Gasteiger partial charge on any atom is 0.262 e. The standard InChI is InChI=1S/C25H30N4O3S/c1-24(2)25(3,4)29(30)23(26-24)17-13-15-18(16-14-17)27-33(31,32)22-12-8-9-19-20(22)10-7-11-21(19)28(5)6/h7-16,27,30H,1-6H3. The molecule has 0 aliphatic carbocycles. The van der Waals surface area contributed by atoms with Gasteiger partial charge in [0.05, 0.1) is 16.0 Å². The monoisotopic (exact) mass is 466 g/mol. The minimum atomic E-state index is -3.82. The Kier molecular flexibility index (Phi) is 5.41. The summed E-state index contributed by atoms with van der Waals surface area (Å²) in [7, 11) is 0.0406. The smallest absolute Gasteiger partial charge is 0.262 e. The molecule has 4 rings (SSSR count). The summed E-state index contributed by atoms with van der Waals surface area (Å²) in [6.45, 7) is 7.80. The Labute approximate surface area is 195 Å². The third kappa shape index (κ3) is 3.83. The topological polar surface area (TPSA) is 85.2 Å². The number of anilines is 2. The van der Waals surface area contributed by atoms with Crippen LogP contribution in [0.25, 0.3) is 10.8 Å². The predicted molar refractivity (Wildman–Crippen MR) is 134 cm³/mol. The summed E-state index contributed by atoms with van der Waals surface area (Å²) in [5.74, 6) is 0.463. The fraction of sp³-hybridized carbons (Fsp3) is 0.320. The fourth-order valence-corrected chi connectivity index (χ4v) is 5.23. The minimum absolute atomic E-state index is 0.220. The summed E-state index contributed by atoms with van der Waals surface area (Å²) in [6.07, 6.45) is 0. The van der Waals surface area contributed by atoms with Gasteiger partial charge in [-0.2, -0.15) is 0 Å². The first-order valence-corrected chi connectivity index (χ1v) is 12.2. The van der Waals surface area contributed by atoms with Crippen LogP contribution in [0.3, 0.4) is 0 Å². The Morgan fingerprint density at radius 2 is 1.52 bits per heavy atom. The number of aliphatic imine (C=N–C) groups is 1. The highest BCUT2D eigenvalue weighted by molar-refractivity contribution is 7.93. The third-order valence-electron chi connectivity index (χ3n) is 6.64. The van der Waals surface area contributed by atoms with Gasteiger partial charge in [-0.1, -0.05) is 24.3 Å². The molecule has 33 heavy (non-hydrogen) atoms. The van der Waals surface area contributed by atoms with Gasteiger partial charge in [-0.05, 0) is 64.1 Å². The predicted octanol–water partition coefficient (Wildman–Crippen LogP) is 4.72. The zero-order valence-electron chi connectivity index (χ0n) is 19.8. The molecule has 3 aromatic rings. The van der Waals surface area contributed by atoms with Gasteiger partial charge < -0.3 is 4.90 Å². The number of amidine groups is 1. The number of benzene rings is 3. The summed E-state index contributed by atoms with van der Waals surface area (Å²) < 4.78 is 29.2. The molecule has 0 aromatic heterocycles. The summed E-state index contributed by atoms with van der Waals surface area (Å²) >= 11 is 0. The maximum atomic E-state index is 13.3. The highest BCUT2D eigenvalue weighted by Crippen LogP contribution is 2.38. The summed E-state index contributed by atoms with van der Waals surface area (Å²) in [5.41, 5.74) is 1.05. The van der Waals surface area contributed by atoms with E-state index in [1.54, 1.807) is 36.4 Å². The minimum Gasteiger partial charge on any atom is -0.377 e. The van der Waals surface area contributed by atoms with Gasteiger partial charge in [0.2, 0.25) is 0 Å². The molecule has 0 saturated heterocycles. The molecule has 7 nitrogen and oxygen atoms in total. The molecule has 174 valence electrons. The molecule has 3 aromatic carbocycles. The van der Waals surface area contributed by atoms with Crippen molar-refractivity contribution in [2.75, 3.05) is 23.7 Å². The van der Waals surface area contributed by atoms with Gasteiger partial charge in [0.1, 0.15) is 0 Å². The zero-order valence-corrected chi connectivity index (χ0v) is 20.6. The van der Waals surface area contributed by atoms with Crippen molar-refractivity contribution in [2.45, 2.75) is 43.7 Å². The van der Waals surface area contributed by atoms with Crippen molar-refractivity contribution in [1.29, 1.82) is 0 Å². The van der Waals surface area contributed by atoms with Crippen LogP contribution in [-0.2, 0) is 10.0 Å². The second kappa shape index (κ2) is 7.74. The van der Waals surface area contributed by atoms with Gasteiger partial charge in [0.25, 0.3) is 10.0 Å². The third-order valence-corrected chi connectivity index (χ3v) is 8.08. The van der Waals surface area contributed by atoms with E-state index in [1.165, 1.54) is 5.06 Å². The first-order chi connectivity index (χ1) is 15.3. The molecule has 8 heteroatoms. The van der Waals surface area contributed by atoms with Crippen LogP contribution >= 0.6 is 0 Å². The van der Waals surface area contributed by atoms with Gasteiger partial charge >= 0.3 is 0 Å². The second-order valence-corrected chi connectivity index (χ2v) is 11.2. The number of hydroxylamine groups is 2. The number of hydrogen-bond acceptors (Lipinski definition) is 6. The Morgan fingerprint density at radius 3 is 2.09 bits per heavy atom. The van der Waals surface area contributed by atoms with Crippen LogP contribution in [0, 0.1) is 0 Å². The molecular formula is C25H30N4O3S. The van der Waals surface area contributed by atoms with Crippen molar-refractivity contribution in [3.63, 3.8) is 0 Å². The van der Waals surface area contributed by atoms with Crippen LogP contribution < -0.4 is 9.62 Å². The van der Waals surface area contributed by atoms with Crippen LogP contribution in [-0.4, -0.2) is 49.7 Å². The van der Waals surface area contributed by atoms with E-state index in [-0.39, 0.29) is 4.90 Å². The Hall–Kier alpha value is -3.10. The summed E-state index contributed by atoms with van der Waals surface area (Å²) in [5, 5.41) is 13.4. The van der Waals surface area contributed by atoms with E-state index < -0.39 is 21.1 Å². The van der Waals surface area contributed by atoms with Crippen molar-refractivity contribution >= 4 is 38.0 Å². The molecule has 0 bridgehead atoms. The SMILES string of the molecule is CN(C)c1cccc2c(S(=O)(=O)Nc3ccc(C4=NC(C)(C)C(C)(C)N4O)cc3)cccc12. The first-order valence-electron chi connectivity index (χ1n) is 10.8. The van der Waals surface area contributed by atoms with E-state index in [0.717, 1.165) is 11.1 Å². The molecule has 0 radical (unpaired) electrons. The van der Waals surface area contributed by atoms with Gasteiger partial charge in [-0.25, -0.2) is 13.5 Å². The average molecular weight is 467 g/mol. The average Bonchev–Trinajstić information content (AvgIpc) is 2.92. The highest BCUT2D eigenvalue weighted by Gasteiger charge is 2.49. The number of hydrogen-bond donors (Lipinski definition) is 2. The lowest BCUT2D eigenvalue weighted by Gasteiger charge is -2.36. The summed E-state index contributed by atoms with van der Waals surface area (Å²) in [4.78, 5) is 6.87. The molecule has 1 heterocycles. The number of rotatable bonds is 5.